The lowest BCUT2D eigenvalue weighted by Gasteiger charge is -2.11. The number of benzene rings is 2. The predicted molar refractivity (Wildman–Crippen MR) is 148 cm³/mol. The Morgan fingerprint density at radius 3 is 1.97 bits per heavy atom. The molecule has 0 saturated carbocycles. The lowest BCUT2D eigenvalue weighted by molar-refractivity contribution is -0.127. The van der Waals surface area contributed by atoms with E-state index >= 15 is 0 Å². The standard InChI is InChI=1S/C30H42N2O4/c1-23(2)7-6-18-31-28(33)21-35-19-20-36-22-29(34)32-27-14-12-26(13-15-27)25-10-8-24(9-11-25)16-17-30(3,4)5/h8-17,23H,6-7,18-22H2,1-5H3,(H,31,33)(H,32,34). The fourth-order valence-electron chi connectivity index (χ4n) is 3.31. The lowest BCUT2D eigenvalue weighted by atomic mass is 9.95. The first kappa shape index (κ1) is 29.3. The molecule has 2 aromatic carbocycles. The molecule has 0 unspecified atom stereocenters. The number of rotatable bonds is 14. The topological polar surface area (TPSA) is 76.7 Å². The third kappa shape index (κ3) is 12.7. The number of nitrogens with one attached hydrogen (secondary N) is 2. The summed E-state index contributed by atoms with van der Waals surface area (Å²) in [7, 11) is 0. The first-order valence-corrected chi connectivity index (χ1v) is 12.7. The third-order valence-electron chi connectivity index (χ3n) is 5.31. The summed E-state index contributed by atoms with van der Waals surface area (Å²) in [6.45, 7) is 12.0. The van der Waals surface area contributed by atoms with Gasteiger partial charge in [0.1, 0.15) is 13.2 Å². The van der Waals surface area contributed by atoms with Crippen LogP contribution >= 0.6 is 0 Å². The van der Waals surface area contributed by atoms with Crippen LogP contribution in [0.3, 0.4) is 0 Å². The Hall–Kier alpha value is -2.96. The number of ether oxygens (including phenoxy) is 2. The molecule has 0 aromatic heterocycles. The van der Waals surface area contributed by atoms with Gasteiger partial charge in [0.2, 0.25) is 11.8 Å². The van der Waals surface area contributed by atoms with Gasteiger partial charge in [0.05, 0.1) is 13.2 Å². The minimum atomic E-state index is -0.236. The molecular formula is C30H42N2O4. The fourth-order valence-corrected chi connectivity index (χ4v) is 3.31. The van der Waals surface area contributed by atoms with Crippen LogP contribution < -0.4 is 10.6 Å². The van der Waals surface area contributed by atoms with Gasteiger partial charge >= 0.3 is 0 Å². The average molecular weight is 495 g/mol. The molecule has 0 aliphatic carbocycles. The van der Waals surface area contributed by atoms with Gasteiger partial charge in [-0.1, -0.05) is 83.2 Å². The number of carbonyl (C=O) groups excluding carboxylic acids is 2. The minimum absolute atomic E-state index is 0.0000704. The second-order valence-electron chi connectivity index (χ2n) is 10.4. The number of hydrogen-bond donors (Lipinski definition) is 2. The summed E-state index contributed by atoms with van der Waals surface area (Å²) in [5, 5.41) is 5.66. The maximum Gasteiger partial charge on any atom is 0.250 e. The minimum Gasteiger partial charge on any atom is -0.369 e. The van der Waals surface area contributed by atoms with E-state index in [1.165, 1.54) is 5.56 Å². The van der Waals surface area contributed by atoms with Crippen LogP contribution in [0.4, 0.5) is 5.69 Å². The number of carbonyl (C=O) groups is 2. The van der Waals surface area contributed by atoms with E-state index in [9.17, 15) is 9.59 Å². The molecule has 2 N–H and O–H groups in total. The normalized spacial score (nSPS) is 11.7. The zero-order valence-electron chi connectivity index (χ0n) is 22.4. The average Bonchev–Trinajstić information content (AvgIpc) is 2.83. The Labute approximate surface area is 216 Å². The van der Waals surface area contributed by atoms with Crippen LogP contribution in [-0.4, -0.2) is 44.8 Å². The molecule has 36 heavy (non-hydrogen) atoms. The highest BCUT2D eigenvalue weighted by Gasteiger charge is 2.06. The number of allylic oxidation sites excluding steroid dienone is 1. The highest BCUT2D eigenvalue weighted by molar-refractivity contribution is 5.92. The summed E-state index contributed by atoms with van der Waals surface area (Å²) in [4.78, 5) is 23.8. The van der Waals surface area contributed by atoms with Crippen LogP contribution in [0.1, 0.15) is 53.0 Å². The van der Waals surface area contributed by atoms with E-state index in [1.54, 1.807) is 0 Å². The zero-order valence-corrected chi connectivity index (χ0v) is 22.4. The van der Waals surface area contributed by atoms with Crippen molar-refractivity contribution in [3.63, 3.8) is 0 Å². The number of amides is 2. The number of anilines is 1. The molecule has 0 bridgehead atoms. The molecule has 0 fully saturated rings. The highest BCUT2D eigenvalue weighted by atomic mass is 16.5. The second-order valence-corrected chi connectivity index (χ2v) is 10.4. The molecular weight excluding hydrogens is 452 g/mol. The van der Waals surface area contributed by atoms with Crippen molar-refractivity contribution in [2.24, 2.45) is 11.3 Å². The molecule has 0 spiro atoms. The van der Waals surface area contributed by atoms with Gasteiger partial charge in [-0.3, -0.25) is 9.59 Å². The molecule has 2 amide bonds. The van der Waals surface area contributed by atoms with Crippen molar-refractivity contribution < 1.29 is 19.1 Å². The van der Waals surface area contributed by atoms with Crippen LogP contribution in [0.25, 0.3) is 17.2 Å². The Morgan fingerprint density at radius 1 is 0.861 bits per heavy atom. The van der Waals surface area contributed by atoms with Gasteiger partial charge < -0.3 is 20.1 Å². The molecule has 2 rings (SSSR count). The molecule has 196 valence electrons. The van der Waals surface area contributed by atoms with Crippen molar-refractivity contribution in [2.75, 3.05) is 38.3 Å². The highest BCUT2D eigenvalue weighted by Crippen LogP contribution is 2.23. The van der Waals surface area contributed by atoms with Crippen molar-refractivity contribution in [3.05, 3.63) is 60.2 Å². The summed E-state index contributed by atoms with van der Waals surface area (Å²) in [5.41, 5.74) is 4.23. The first-order valence-electron chi connectivity index (χ1n) is 12.7. The molecule has 0 saturated heterocycles. The first-order chi connectivity index (χ1) is 17.1. The lowest BCUT2D eigenvalue weighted by Crippen LogP contribution is -2.29. The predicted octanol–water partition coefficient (Wildman–Crippen LogP) is 5.94. The van der Waals surface area contributed by atoms with Crippen LogP contribution in [-0.2, 0) is 19.1 Å². The summed E-state index contributed by atoms with van der Waals surface area (Å²) in [6.07, 6.45) is 6.40. The summed E-state index contributed by atoms with van der Waals surface area (Å²) in [6, 6.07) is 16.1. The van der Waals surface area contributed by atoms with Crippen LogP contribution in [0.15, 0.2) is 54.6 Å². The van der Waals surface area contributed by atoms with Gasteiger partial charge in [0.15, 0.2) is 0 Å². The quantitative estimate of drug-likeness (QED) is 0.319. The van der Waals surface area contributed by atoms with Gasteiger partial charge in [0.25, 0.3) is 0 Å². The summed E-state index contributed by atoms with van der Waals surface area (Å²) in [5.74, 6) is 0.269. The van der Waals surface area contributed by atoms with Crippen LogP contribution in [0, 0.1) is 11.3 Å². The Bertz CT molecular complexity index is 958. The Balaban J connectivity index is 1.64. The van der Waals surface area contributed by atoms with E-state index < -0.39 is 0 Å². The van der Waals surface area contributed by atoms with Crippen molar-refractivity contribution in [3.8, 4) is 11.1 Å². The van der Waals surface area contributed by atoms with E-state index in [2.05, 4.69) is 81.7 Å². The summed E-state index contributed by atoms with van der Waals surface area (Å²) >= 11 is 0. The van der Waals surface area contributed by atoms with Gasteiger partial charge in [-0.2, -0.15) is 0 Å². The van der Waals surface area contributed by atoms with Crippen molar-refractivity contribution >= 4 is 23.6 Å². The molecule has 0 heterocycles. The second kappa shape index (κ2) is 15.2. The van der Waals surface area contributed by atoms with Crippen LogP contribution in [0.5, 0.6) is 0 Å². The molecule has 6 nitrogen and oxygen atoms in total. The molecule has 0 atom stereocenters. The van der Waals surface area contributed by atoms with Gasteiger partial charge in [-0.15, -0.1) is 0 Å². The monoisotopic (exact) mass is 494 g/mol. The third-order valence-corrected chi connectivity index (χ3v) is 5.31. The van der Waals surface area contributed by atoms with E-state index in [4.69, 9.17) is 9.47 Å². The van der Waals surface area contributed by atoms with E-state index in [0.717, 1.165) is 24.0 Å². The van der Waals surface area contributed by atoms with Gasteiger partial charge in [0, 0.05) is 12.2 Å². The van der Waals surface area contributed by atoms with Crippen molar-refractivity contribution in [1.29, 1.82) is 0 Å². The Morgan fingerprint density at radius 2 is 1.42 bits per heavy atom. The van der Waals surface area contributed by atoms with E-state index in [-0.39, 0.29) is 43.7 Å². The van der Waals surface area contributed by atoms with Gasteiger partial charge in [-0.25, -0.2) is 0 Å². The van der Waals surface area contributed by atoms with Crippen molar-refractivity contribution in [1.82, 2.24) is 5.32 Å². The molecule has 2 aromatic rings. The molecule has 6 heteroatoms. The molecule has 0 aliphatic heterocycles. The smallest absolute Gasteiger partial charge is 0.250 e. The maximum atomic E-state index is 12.1. The molecule has 0 radical (unpaired) electrons. The summed E-state index contributed by atoms with van der Waals surface area (Å²) < 4.78 is 10.6. The molecule has 0 aliphatic rings. The van der Waals surface area contributed by atoms with E-state index in [0.29, 0.717) is 18.2 Å². The Kier molecular flexibility index (Phi) is 12.4. The van der Waals surface area contributed by atoms with Crippen LogP contribution in [0.2, 0.25) is 0 Å². The largest absolute Gasteiger partial charge is 0.369 e. The fraction of sp³-hybridized carbons (Fsp3) is 0.467. The van der Waals surface area contributed by atoms with E-state index in [1.807, 2.05) is 24.3 Å². The van der Waals surface area contributed by atoms with Gasteiger partial charge in [-0.05, 0) is 53.0 Å². The SMILES string of the molecule is CC(C)CCCNC(=O)COCCOCC(=O)Nc1ccc(-c2ccc(C=CC(C)(C)C)cc2)cc1. The van der Waals surface area contributed by atoms with Crippen molar-refractivity contribution in [2.45, 2.75) is 47.5 Å². The zero-order chi connectivity index (χ0) is 26.4. The maximum absolute atomic E-state index is 12.1. The number of hydrogen-bond acceptors (Lipinski definition) is 4.